The minimum atomic E-state index is -0.161. The molecular formula is C23H31N3O2. The zero-order valence-corrected chi connectivity index (χ0v) is 17.1. The quantitative estimate of drug-likeness (QED) is 0.850. The van der Waals surface area contributed by atoms with Crippen LogP contribution in [0.3, 0.4) is 0 Å². The number of urea groups is 1. The lowest BCUT2D eigenvalue weighted by Gasteiger charge is -2.36. The van der Waals surface area contributed by atoms with Crippen LogP contribution in [0.4, 0.5) is 10.5 Å². The summed E-state index contributed by atoms with van der Waals surface area (Å²) in [5.74, 6) is 0. The Morgan fingerprint density at radius 2 is 1.64 bits per heavy atom. The summed E-state index contributed by atoms with van der Waals surface area (Å²) >= 11 is 0. The Hall–Kier alpha value is -2.53. The molecule has 0 saturated carbocycles. The zero-order chi connectivity index (χ0) is 20.0. The molecule has 0 bridgehead atoms. The number of hydrogen-bond donors (Lipinski definition) is 1. The van der Waals surface area contributed by atoms with Gasteiger partial charge in [0.25, 0.3) is 0 Å². The van der Waals surface area contributed by atoms with Gasteiger partial charge in [0.1, 0.15) is 0 Å². The second kappa shape index (κ2) is 9.11. The molecule has 1 aliphatic heterocycles. The second-order valence-corrected chi connectivity index (χ2v) is 8.19. The van der Waals surface area contributed by atoms with Crippen molar-refractivity contribution in [1.82, 2.24) is 10.2 Å². The predicted octanol–water partition coefficient (Wildman–Crippen LogP) is 4.03. The van der Waals surface area contributed by atoms with Crippen LogP contribution in [0.25, 0.3) is 0 Å². The van der Waals surface area contributed by atoms with Crippen molar-refractivity contribution in [1.29, 1.82) is 0 Å². The highest BCUT2D eigenvalue weighted by Crippen LogP contribution is 2.16. The van der Waals surface area contributed by atoms with Gasteiger partial charge in [-0.25, -0.2) is 4.79 Å². The fraction of sp³-hybridized carbons (Fsp3) is 0.435. The summed E-state index contributed by atoms with van der Waals surface area (Å²) in [6.07, 6.45) is 0. The van der Waals surface area contributed by atoms with Crippen LogP contribution in [-0.4, -0.2) is 42.7 Å². The van der Waals surface area contributed by atoms with Gasteiger partial charge in [0, 0.05) is 38.4 Å². The highest BCUT2D eigenvalue weighted by atomic mass is 16.5. The number of para-hydroxylation sites is 1. The molecule has 28 heavy (non-hydrogen) atoms. The van der Waals surface area contributed by atoms with Gasteiger partial charge in [0.05, 0.1) is 12.2 Å². The van der Waals surface area contributed by atoms with E-state index in [1.54, 1.807) is 0 Å². The van der Waals surface area contributed by atoms with Gasteiger partial charge in [0.15, 0.2) is 0 Å². The number of benzene rings is 2. The average Bonchev–Trinajstić information content (AvgIpc) is 2.71. The van der Waals surface area contributed by atoms with Crippen molar-refractivity contribution in [2.75, 3.05) is 31.1 Å². The molecule has 1 aliphatic rings. The Morgan fingerprint density at radius 3 is 2.32 bits per heavy atom. The Labute approximate surface area is 168 Å². The number of nitrogens with zero attached hydrogens (tertiary/aromatic N) is 2. The molecule has 1 fully saturated rings. The Bertz CT molecular complexity index is 763. The predicted molar refractivity (Wildman–Crippen MR) is 113 cm³/mol. The number of carbonyl (C=O) groups excluding carboxylic acids is 1. The first-order chi connectivity index (χ1) is 13.4. The zero-order valence-electron chi connectivity index (χ0n) is 17.1. The first kappa shape index (κ1) is 20.2. The monoisotopic (exact) mass is 381 g/mol. The van der Waals surface area contributed by atoms with Crippen LogP contribution in [0.15, 0.2) is 54.6 Å². The van der Waals surface area contributed by atoms with E-state index in [2.05, 4.69) is 67.4 Å². The van der Waals surface area contributed by atoms with Gasteiger partial charge in [-0.05, 0) is 44.0 Å². The number of rotatable bonds is 5. The summed E-state index contributed by atoms with van der Waals surface area (Å²) in [6.45, 7) is 10.4. The van der Waals surface area contributed by atoms with E-state index in [1.807, 2.05) is 23.1 Å². The highest BCUT2D eigenvalue weighted by molar-refractivity contribution is 5.74. The number of nitrogens with one attached hydrogen (secondary N) is 1. The SMILES string of the molecule is CC(C)(C)OCc1cccc(CNC(=O)N2CCN(c3ccccc3)CC2)c1. The van der Waals surface area contributed by atoms with Gasteiger partial charge in [-0.1, -0.05) is 42.5 Å². The van der Waals surface area contributed by atoms with E-state index in [-0.39, 0.29) is 11.6 Å². The fourth-order valence-corrected chi connectivity index (χ4v) is 3.23. The molecule has 5 heteroatoms. The van der Waals surface area contributed by atoms with Crippen molar-refractivity contribution in [3.63, 3.8) is 0 Å². The number of anilines is 1. The third-order valence-electron chi connectivity index (χ3n) is 4.80. The molecule has 2 aromatic rings. The third kappa shape index (κ3) is 5.99. The fourth-order valence-electron chi connectivity index (χ4n) is 3.23. The van der Waals surface area contributed by atoms with E-state index >= 15 is 0 Å². The summed E-state index contributed by atoms with van der Waals surface area (Å²) in [5, 5.41) is 3.05. The first-order valence-electron chi connectivity index (χ1n) is 9.95. The van der Waals surface area contributed by atoms with Crippen LogP contribution < -0.4 is 10.2 Å². The van der Waals surface area contributed by atoms with E-state index in [1.165, 1.54) is 5.69 Å². The molecule has 5 nitrogen and oxygen atoms in total. The molecule has 0 atom stereocenters. The molecule has 0 radical (unpaired) electrons. The van der Waals surface area contributed by atoms with Crippen LogP contribution in [-0.2, 0) is 17.9 Å². The molecule has 2 aromatic carbocycles. The molecule has 0 aliphatic carbocycles. The van der Waals surface area contributed by atoms with Gasteiger partial charge >= 0.3 is 6.03 Å². The summed E-state index contributed by atoms with van der Waals surface area (Å²) in [5.41, 5.74) is 3.27. The smallest absolute Gasteiger partial charge is 0.317 e. The van der Waals surface area contributed by atoms with E-state index in [0.717, 1.165) is 37.3 Å². The van der Waals surface area contributed by atoms with Crippen LogP contribution in [0, 0.1) is 0 Å². The number of ether oxygens (including phenoxy) is 1. The van der Waals surface area contributed by atoms with Gasteiger partial charge in [0.2, 0.25) is 0 Å². The lowest BCUT2D eigenvalue weighted by atomic mass is 10.1. The van der Waals surface area contributed by atoms with E-state index in [0.29, 0.717) is 13.2 Å². The molecule has 0 spiro atoms. The molecule has 1 N–H and O–H groups in total. The molecule has 2 amide bonds. The van der Waals surface area contributed by atoms with Gasteiger partial charge < -0.3 is 19.9 Å². The molecule has 3 rings (SSSR count). The topological polar surface area (TPSA) is 44.8 Å². The van der Waals surface area contributed by atoms with Crippen molar-refractivity contribution < 1.29 is 9.53 Å². The van der Waals surface area contributed by atoms with E-state index < -0.39 is 0 Å². The van der Waals surface area contributed by atoms with E-state index in [4.69, 9.17) is 4.74 Å². The minimum absolute atomic E-state index is 0.00376. The molecule has 150 valence electrons. The van der Waals surface area contributed by atoms with Crippen molar-refractivity contribution in [3.8, 4) is 0 Å². The van der Waals surface area contributed by atoms with Crippen molar-refractivity contribution >= 4 is 11.7 Å². The Balaban J connectivity index is 1.46. The number of hydrogen-bond acceptors (Lipinski definition) is 3. The third-order valence-corrected chi connectivity index (χ3v) is 4.80. The Morgan fingerprint density at radius 1 is 0.964 bits per heavy atom. The maximum absolute atomic E-state index is 12.5. The van der Waals surface area contributed by atoms with Crippen molar-refractivity contribution in [2.45, 2.75) is 39.5 Å². The van der Waals surface area contributed by atoms with E-state index in [9.17, 15) is 4.79 Å². The van der Waals surface area contributed by atoms with Crippen molar-refractivity contribution in [2.24, 2.45) is 0 Å². The van der Waals surface area contributed by atoms with Crippen LogP contribution in [0.5, 0.6) is 0 Å². The normalized spacial score (nSPS) is 14.8. The summed E-state index contributed by atoms with van der Waals surface area (Å²) in [4.78, 5) is 16.7. The minimum Gasteiger partial charge on any atom is -0.371 e. The average molecular weight is 382 g/mol. The maximum atomic E-state index is 12.5. The van der Waals surface area contributed by atoms with Crippen LogP contribution >= 0.6 is 0 Å². The Kier molecular flexibility index (Phi) is 6.57. The lowest BCUT2D eigenvalue weighted by Crippen LogP contribution is -2.51. The number of piperazine rings is 1. The van der Waals surface area contributed by atoms with Gasteiger partial charge in [-0.2, -0.15) is 0 Å². The number of carbonyl (C=O) groups is 1. The largest absolute Gasteiger partial charge is 0.371 e. The second-order valence-electron chi connectivity index (χ2n) is 8.19. The number of amides is 2. The highest BCUT2D eigenvalue weighted by Gasteiger charge is 2.21. The summed E-state index contributed by atoms with van der Waals surface area (Å²) < 4.78 is 5.84. The lowest BCUT2D eigenvalue weighted by molar-refractivity contribution is -0.0149. The molecule has 1 heterocycles. The van der Waals surface area contributed by atoms with Gasteiger partial charge in [-0.3, -0.25) is 0 Å². The summed E-state index contributed by atoms with van der Waals surface area (Å²) in [7, 11) is 0. The molecule has 0 unspecified atom stereocenters. The molecule has 1 saturated heterocycles. The van der Waals surface area contributed by atoms with Crippen LogP contribution in [0.1, 0.15) is 31.9 Å². The first-order valence-corrected chi connectivity index (χ1v) is 9.95. The maximum Gasteiger partial charge on any atom is 0.317 e. The van der Waals surface area contributed by atoms with Crippen LogP contribution in [0.2, 0.25) is 0 Å². The summed E-state index contributed by atoms with van der Waals surface area (Å²) in [6, 6.07) is 18.6. The molecule has 0 aromatic heterocycles. The van der Waals surface area contributed by atoms with Gasteiger partial charge in [-0.15, -0.1) is 0 Å². The molecular weight excluding hydrogens is 350 g/mol. The van der Waals surface area contributed by atoms with Crippen molar-refractivity contribution in [3.05, 3.63) is 65.7 Å². The standard InChI is InChI=1S/C23H31N3O2/c1-23(2,3)28-18-20-9-7-8-19(16-20)17-24-22(27)26-14-12-25(13-15-26)21-10-5-4-6-11-21/h4-11,16H,12-15,17-18H2,1-3H3,(H,24,27).